The van der Waals surface area contributed by atoms with Crippen LogP contribution in [0, 0.1) is 0 Å². The normalized spacial score (nSPS) is 9.00. The van der Waals surface area contributed by atoms with Crippen LogP contribution in [0.4, 0.5) is 0 Å². The van der Waals surface area contributed by atoms with Gasteiger partial charge in [-0.25, -0.2) is 0 Å². The summed E-state index contributed by atoms with van der Waals surface area (Å²) in [4.78, 5) is 22.2. The number of likely N-dealkylation sites (N-methyl/N-ethyl adjacent to an activating group) is 1. The van der Waals surface area contributed by atoms with E-state index in [9.17, 15) is 9.59 Å². The number of hydrogen-bond donors (Lipinski definition) is 1. The summed E-state index contributed by atoms with van der Waals surface area (Å²) in [5.74, 6) is -1.52. The SMILES string of the molecule is CCCN(C)C(=O)C(N)=O. The Hall–Kier alpha value is -1.06. The van der Waals surface area contributed by atoms with Gasteiger partial charge in [0.15, 0.2) is 0 Å². The maximum Gasteiger partial charge on any atom is 0.311 e. The number of carbonyl (C=O) groups is 2. The fourth-order valence-electron chi connectivity index (χ4n) is 0.625. The summed E-state index contributed by atoms with van der Waals surface area (Å²) in [7, 11) is 1.55. The molecule has 0 fully saturated rings. The second kappa shape index (κ2) is 3.87. The van der Waals surface area contributed by atoms with Crippen LogP contribution in [0.5, 0.6) is 0 Å². The van der Waals surface area contributed by atoms with Gasteiger partial charge in [0.1, 0.15) is 0 Å². The van der Waals surface area contributed by atoms with Crippen molar-refractivity contribution in [2.24, 2.45) is 5.73 Å². The Morgan fingerprint density at radius 3 is 2.30 bits per heavy atom. The molecule has 0 spiro atoms. The topological polar surface area (TPSA) is 63.4 Å². The van der Waals surface area contributed by atoms with Crippen LogP contribution in [-0.4, -0.2) is 30.3 Å². The van der Waals surface area contributed by atoms with Gasteiger partial charge < -0.3 is 10.6 Å². The Labute approximate surface area is 60.0 Å². The second-order valence-corrected chi connectivity index (χ2v) is 2.09. The van der Waals surface area contributed by atoms with Gasteiger partial charge in [-0.2, -0.15) is 0 Å². The minimum Gasteiger partial charge on any atom is -0.361 e. The predicted octanol–water partition coefficient (Wildman–Crippen LogP) is -0.660. The van der Waals surface area contributed by atoms with Gasteiger partial charge in [-0.15, -0.1) is 0 Å². The van der Waals surface area contributed by atoms with Crippen molar-refractivity contribution in [3.63, 3.8) is 0 Å². The van der Waals surface area contributed by atoms with Gasteiger partial charge in [0.05, 0.1) is 0 Å². The second-order valence-electron chi connectivity index (χ2n) is 2.09. The van der Waals surface area contributed by atoms with Gasteiger partial charge in [0, 0.05) is 13.6 Å². The lowest BCUT2D eigenvalue weighted by Crippen LogP contribution is -2.37. The van der Waals surface area contributed by atoms with Gasteiger partial charge in [-0.05, 0) is 6.42 Å². The minimum absolute atomic E-state index is 0.571. The van der Waals surface area contributed by atoms with Crippen molar-refractivity contribution < 1.29 is 9.59 Å². The van der Waals surface area contributed by atoms with Gasteiger partial charge in [0.25, 0.3) is 0 Å². The van der Waals surface area contributed by atoms with Crippen LogP contribution in [0.25, 0.3) is 0 Å². The molecule has 2 N–H and O–H groups in total. The first-order chi connectivity index (χ1) is 4.59. The Morgan fingerprint density at radius 1 is 1.50 bits per heavy atom. The smallest absolute Gasteiger partial charge is 0.311 e. The zero-order chi connectivity index (χ0) is 8.15. The first-order valence-electron chi connectivity index (χ1n) is 3.14. The van der Waals surface area contributed by atoms with Crippen LogP contribution in [0.15, 0.2) is 0 Å². The predicted molar refractivity (Wildman–Crippen MR) is 37.1 cm³/mol. The summed E-state index contributed by atoms with van der Waals surface area (Å²) in [6, 6.07) is 0. The molecule has 4 heteroatoms. The summed E-state index contributed by atoms with van der Waals surface area (Å²) in [6.45, 7) is 2.49. The molecule has 0 aromatic carbocycles. The third-order valence-electron chi connectivity index (χ3n) is 1.12. The summed E-state index contributed by atoms with van der Waals surface area (Å²) in [5.41, 5.74) is 4.74. The Kier molecular flexibility index (Phi) is 3.46. The molecule has 10 heavy (non-hydrogen) atoms. The van der Waals surface area contributed by atoms with Crippen LogP contribution >= 0.6 is 0 Å². The molecule has 0 aliphatic rings. The fraction of sp³-hybridized carbons (Fsp3) is 0.667. The van der Waals surface area contributed by atoms with E-state index in [4.69, 9.17) is 5.73 Å². The van der Waals surface area contributed by atoms with Crippen molar-refractivity contribution in [2.45, 2.75) is 13.3 Å². The molecule has 0 aromatic rings. The molecule has 0 heterocycles. The molecule has 2 amide bonds. The van der Waals surface area contributed by atoms with Crippen LogP contribution in [0.1, 0.15) is 13.3 Å². The van der Waals surface area contributed by atoms with Gasteiger partial charge in [0.2, 0.25) is 0 Å². The van der Waals surface area contributed by atoms with E-state index in [1.54, 1.807) is 7.05 Å². The zero-order valence-electron chi connectivity index (χ0n) is 6.26. The van der Waals surface area contributed by atoms with E-state index in [2.05, 4.69) is 0 Å². The molecule has 4 nitrogen and oxygen atoms in total. The summed E-state index contributed by atoms with van der Waals surface area (Å²) in [6.07, 6.45) is 0.829. The van der Waals surface area contributed by atoms with Crippen LogP contribution in [-0.2, 0) is 9.59 Å². The lowest BCUT2D eigenvalue weighted by molar-refractivity contribution is -0.143. The van der Waals surface area contributed by atoms with E-state index >= 15 is 0 Å². The average molecular weight is 144 g/mol. The number of rotatable bonds is 2. The van der Waals surface area contributed by atoms with Crippen molar-refractivity contribution in [1.29, 1.82) is 0 Å². The van der Waals surface area contributed by atoms with Crippen molar-refractivity contribution in [2.75, 3.05) is 13.6 Å². The number of carbonyl (C=O) groups excluding carboxylic acids is 2. The first kappa shape index (κ1) is 8.94. The van der Waals surface area contributed by atoms with Crippen molar-refractivity contribution in [3.8, 4) is 0 Å². The first-order valence-corrected chi connectivity index (χ1v) is 3.14. The molecule has 0 aliphatic carbocycles. The van der Waals surface area contributed by atoms with E-state index < -0.39 is 11.8 Å². The molecule has 0 aliphatic heterocycles. The molecule has 0 bridgehead atoms. The van der Waals surface area contributed by atoms with E-state index in [0.29, 0.717) is 6.54 Å². The van der Waals surface area contributed by atoms with E-state index in [-0.39, 0.29) is 0 Å². The van der Waals surface area contributed by atoms with Gasteiger partial charge in [-0.3, -0.25) is 9.59 Å². The summed E-state index contributed by atoms with van der Waals surface area (Å²) >= 11 is 0. The highest BCUT2D eigenvalue weighted by Crippen LogP contribution is 1.85. The number of hydrogen-bond acceptors (Lipinski definition) is 2. The maximum absolute atomic E-state index is 10.7. The maximum atomic E-state index is 10.7. The molecule has 0 rings (SSSR count). The van der Waals surface area contributed by atoms with Crippen molar-refractivity contribution >= 4 is 11.8 Å². The van der Waals surface area contributed by atoms with E-state index in [1.807, 2.05) is 6.92 Å². The third kappa shape index (κ3) is 2.48. The van der Waals surface area contributed by atoms with Crippen molar-refractivity contribution in [3.05, 3.63) is 0 Å². The molecule has 58 valence electrons. The number of nitrogens with zero attached hydrogens (tertiary/aromatic N) is 1. The monoisotopic (exact) mass is 144 g/mol. The molecule has 0 saturated carbocycles. The number of primary amides is 1. The lowest BCUT2D eigenvalue weighted by atomic mass is 10.4. The average Bonchev–Trinajstić information content (AvgIpc) is 1.87. The Morgan fingerprint density at radius 2 is 2.00 bits per heavy atom. The molecule has 0 saturated heterocycles. The molecule has 0 atom stereocenters. The van der Waals surface area contributed by atoms with Gasteiger partial charge >= 0.3 is 11.8 Å². The summed E-state index contributed by atoms with van der Waals surface area (Å²) < 4.78 is 0. The number of nitrogens with two attached hydrogens (primary N) is 1. The van der Waals surface area contributed by atoms with Crippen LogP contribution < -0.4 is 5.73 Å². The highest BCUT2D eigenvalue weighted by molar-refractivity contribution is 6.34. The zero-order valence-corrected chi connectivity index (χ0v) is 6.26. The standard InChI is InChI=1S/C6H12N2O2/c1-3-4-8(2)6(10)5(7)9/h3-4H2,1-2H3,(H2,7,9). The van der Waals surface area contributed by atoms with Crippen LogP contribution in [0.2, 0.25) is 0 Å². The largest absolute Gasteiger partial charge is 0.361 e. The lowest BCUT2D eigenvalue weighted by Gasteiger charge is -2.12. The van der Waals surface area contributed by atoms with Crippen molar-refractivity contribution in [1.82, 2.24) is 4.90 Å². The molecule has 0 radical (unpaired) electrons. The fourth-order valence-corrected chi connectivity index (χ4v) is 0.625. The Balaban J connectivity index is 3.82. The molecular formula is C6H12N2O2. The minimum atomic E-state index is -0.893. The quantitative estimate of drug-likeness (QED) is 0.523. The highest BCUT2D eigenvalue weighted by Gasteiger charge is 2.12. The Bertz CT molecular complexity index is 145. The van der Waals surface area contributed by atoms with E-state index in [0.717, 1.165) is 6.42 Å². The van der Waals surface area contributed by atoms with Crippen LogP contribution in [0.3, 0.4) is 0 Å². The molecular weight excluding hydrogens is 132 g/mol. The number of amides is 2. The molecule has 0 unspecified atom stereocenters. The van der Waals surface area contributed by atoms with Gasteiger partial charge in [-0.1, -0.05) is 6.92 Å². The van der Waals surface area contributed by atoms with E-state index in [1.165, 1.54) is 4.90 Å². The summed E-state index contributed by atoms with van der Waals surface area (Å²) in [5, 5.41) is 0. The molecule has 0 aromatic heterocycles. The third-order valence-corrected chi connectivity index (χ3v) is 1.12. The highest BCUT2D eigenvalue weighted by atomic mass is 16.2.